The predicted molar refractivity (Wildman–Crippen MR) is 76.8 cm³/mol. The number of hydrogen-bond acceptors (Lipinski definition) is 4. The van der Waals surface area contributed by atoms with Gasteiger partial charge >= 0.3 is 0 Å². The zero-order valence-electron chi connectivity index (χ0n) is 10.5. The average Bonchev–Trinajstić information content (AvgIpc) is 2.38. The number of halogens is 1. The van der Waals surface area contributed by atoms with Gasteiger partial charge in [-0.25, -0.2) is 0 Å². The number of benzene rings is 2. The van der Waals surface area contributed by atoms with Crippen LogP contribution in [0.25, 0.3) is 0 Å². The lowest BCUT2D eigenvalue weighted by atomic mass is 10.1. The topological polar surface area (TPSA) is 76.2 Å². The molecule has 0 amide bonds. The van der Waals surface area contributed by atoms with Gasteiger partial charge in [0.1, 0.15) is 11.5 Å². The van der Waals surface area contributed by atoms with Gasteiger partial charge in [-0.05, 0) is 36.8 Å². The average molecular weight is 333 g/mol. The van der Waals surface area contributed by atoms with Crippen molar-refractivity contribution in [3.63, 3.8) is 0 Å². The van der Waals surface area contributed by atoms with E-state index < -0.39 is 4.92 Å². The summed E-state index contributed by atoms with van der Waals surface area (Å²) < 4.78 is 6.15. The number of nitrogens with zero attached hydrogens (tertiary/aromatic N) is 2. The Labute approximate surface area is 123 Å². The highest BCUT2D eigenvalue weighted by Gasteiger charge is 2.10. The third-order valence-electron chi connectivity index (χ3n) is 2.62. The maximum atomic E-state index is 10.8. The Bertz CT molecular complexity index is 723. The van der Waals surface area contributed by atoms with Crippen LogP contribution in [0.1, 0.15) is 11.1 Å². The van der Waals surface area contributed by atoms with E-state index in [0.29, 0.717) is 21.5 Å². The summed E-state index contributed by atoms with van der Waals surface area (Å²) in [6.45, 7) is 1.80. The molecule has 6 heteroatoms. The molecule has 2 aromatic carbocycles. The third-order valence-corrected chi connectivity index (χ3v) is 3.08. The summed E-state index contributed by atoms with van der Waals surface area (Å²) in [7, 11) is 0. The zero-order valence-corrected chi connectivity index (χ0v) is 12.0. The van der Waals surface area contributed by atoms with Gasteiger partial charge in [-0.15, -0.1) is 0 Å². The van der Waals surface area contributed by atoms with E-state index in [9.17, 15) is 10.1 Å². The second-order valence-electron chi connectivity index (χ2n) is 4.09. The van der Waals surface area contributed by atoms with Gasteiger partial charge in [0.25, 0.3) is 5.69 Å². The minimum absolute atomic E-state index is 0.0558. The number of nitro groups is 1. The normalized spacial score (nSPS) is 9.85. The Morgan fingerprint density at radius 1 is 1.25 bits per heavy atom. The molecule has 0 saturated heterocycles. The number of non-ortho nitro benzene ring substituents is 1. The smallest absolute Gasteiger partial charge is 0.274 e. The van der Waals surface area contributed by atoms with Crippen molar-refractivity contribution in [3.05, 3.63) is 62.1 Å². The van der Waals surface area contributed by atoms with E-state index in [2.05, 4.69) is 22.0 Å². The third kappa shape index (κ3) is 3.13. The molecule has 0 N–H and O–H groups in total. The molecule has 0 aliphatic rings. The maximum Gasteiger partial charge on any atom is 0.274 e. The summed E-state index contributed by atoms with van der Waals surface area (Å²) in [6, 6.07) is 11.5. The van der Waals surface area contributed by atoms with E-state index in [1.165, 1.54) is 12.1 Å². The van der Waals surface area contributed by atoms with Gasteiger partial charge in [0.2, 0.25) is 0 Å². The van der Waals surface area contributed by atoms with E-state index in [0.717, 1.165) is 5.56 Å². The SMILES string of the molecule is Cc1cc(Oc2cc(Br)cc([N+](=O)[O-])c2)ccc1C#N. The molecule has 0 saturated carbocycles. The Morgan fingerprint density at radius 3 is 2.60 bits per heavy atom. The van der Waals surface area contributed by atoms with Gasteiger partial charge in [0, 0.05) is 10.5 Å². The Morgan fingerprint density at radius 2 is 2.00 bits per heavy atom. The van der Waals surface area contributed by atoms with Crippen LogP contribution in [-0.4, -0.2) is 4.92 Å². The number of hydrogen-bond donors (Lipinski definition) is 0. The zero-order chi connectivity index (χ0) is 14.7. The molecular formula is C14H9BrN2O3. The minimum atomic E-state index is -0.484. The molecule has 100 valence electrons. The molecule has 0 bridgehead atoms. The van der Waals surface area contributed by atoms with Crippen LogP contribution in [0, 0.1) is 28.4 Å². The standard InChI is InChI=1S/C14H9BrN2O3/c1-9-4-13(3-2-10(9)8-16)20-14-6-11(15)5-12(7-14)17(18)19/h2-7H,1H3. The molecule has 0 fully saturated rings. The van der Waals surface area contributed by atoms with E-state index >= 15 is 0 Å². The first-order valence-electron chi connectivity index (χ1n) is 5.63. The monoisotopic (exact) mass is 332 g/mol. The maximum absolute atomic E-state index is 10.8. The van der Waals surface area contributed by atoms with Crippen molar-refractivity contribution in [3.8, 4) is 17.6 Å². The van der Waals surface area contributed by atoms with Crippen LogP contribution >= 0.6 is 15.9 Å². The molecule has 0 aliphatic carbocycles. The molecule has 20 heavy (non-hydrogen) atoms. The molecule has 2 aromatic rings. The molecule has 0 aliphatic heterocycles. The van der Waals surface area contributed by atoms with Crippen LogP contribution in [0.5, 0.6) is 11.5 Å². The van der Waals surface area contributed by atoms with Crippen molar-refractivity contribution in [2.45, 2.75) is 6.92 Å². The van der Waals surface area contributed by atoms with Crippen molar-refractivity contribution < 1.29 is 9.66 Å². The summed E-state index contributed by atoms with van der Waals surface area (Å²) in [5, 5.41) is 19.6. The first-order valence-corrected chi connectivity index (χ1v) is 6.42. The lowest BCUT2D eigenvalue weighted by Crippen LogP contribution is -1.91. The Balaban J connectivity index is 2.33. The summed E-state index contributed by atoms with van der Waals surface area (Å²) in [6.07, 6.45) is 0. The van der Waals surface area contributed by atoms with Gasteiger partial charge in [-0.3, -0.25) is 10.1 Å². The molecule has 0 radical (unpaired) electrons. The first-order chi connectivity index (χ1) is 9.49. The summed E-state index contributed by atoms with van der Waals surface area (Å²) in [4.78, 5) is 10.3. The van der Waals surface area contributed by atoms with Crippen LogP contribution < -0.4 is 4.74 Å². The molecule has 0 unspecified atom stereocenters. The van der Waals surface area contributed by atoms with E-state index in [1.807, 2.05) is 0 Å². The second-order valence-corrected chi connectivity index (χ2v) is 5.01. The number of aryl methyl sites for hydroxylation is 1. The van der Waals surface area contributed by atoms with Crippen LogP contribution in [-0.2, 0) is 0 Å². The fourth-order valence-electron chi connectivity index (χ4n) is 1.67. The first kappa shape index (κ1) is 14.0. The highest BCUT2D eigenvalue weighted by molar-refractivity contribution is 9.10. The largest absolute Gasteiger partial charge is 0.457 e. The fraction of sp³-hybridized carbons (Fsp3) is 0.0714. The van der Waals surface area contributed by atoms with Crippen molar-refractivity contribution in [1.29, 1.82) is 5.26 Å². The molecular weight excluding hydrogens is 324 g/mol. The predicted octanol–water partition coefficient (Wildman–Crippen LogP) is 4.33. The highest BCUT2D eigenvalue weighted by atomic mass is 79.9. The summed E-state index contributed by atoms with van der Waals surface area (Å²) in [5.41, 5.74) is 1.30. The lowest BCUT2D eigenvalue weighted by Gasteiger charge is -2.07. The van der Waals surface area contributed by atoms with Crippen LogP contribution in [0.2, 0.25) is 0 Å². The van der Waals surface area contributed by atoms with Crippen molar-refractivity contribution in [2.24, 2.45) is 0 Å². The van der Waals surface area contributed by atoms with E-state index in [4.69, 9.17) is 10.00 Å². The van der Waals surface area contributed by atoms with Crippen molar-refractivity contribution >= 4 is 21.6 Å². The number of nitriles is 1. The minimum Gasteiger partial charge on any atom is -0.457 e. The van der Waals surface area contributed by atoms with Gasteiger partial charge < -0.3 is 4.74 Å². The fourth-order valence-corrected chi connectivity index (χ4v) is 2.13. The molecule has 2 rings (SSSR count). The van der Waals surface area contributed by atoms with Gasteiger partial charge in [0.15, 0.2) is 0 Å². The van der Waals surface area contributed by atoms with Gasteiger partial charge in [-0.1, -0.05) is 15.9 Å². The quantitative estimate of drug-likeness (QED) is 0.619. The molecule has 5 nitrogen and oxygen atoms in total. The van der Waals surface area contributed by atoms with Crippen molar-refractivity contribution in [1.82, 2.24) is 0 Å². The van der Waals surface area contributed by atoms with Gasteiger partial charge in [0.05, 0.1) is 22.6 Å². The summed E-state index contributed by atoms with van der Waals surface area (Å²) >= 11 is 3.20. The molecule has 0 heterocycles. The molecule has 0 atom stereocenters. The lowest BCUT2D eigenvalue weighted by molar-refractivity contribution is -0.385. The van der Waals surface area contributed by atoms with Crippen molar-refractivity contribution in [2.75, 3.05) is 0 Å². The summed E-state index contributed by atoms with van der Waals surface area (Å²) in [5.74, 6) is 0.879. The molecule has 0 aromatic heterocycles. The van der Waals surface area contributed by atoms with Crippen LogP contribution in [0.15, 0.2) is 40.9 Å². The van der Waals surface area contributed by atoms with Gasteiger partial charge in [-0.2, -0.15) is 5.26 Å². The van der Waals surface area contributed by atoms with Crippen LogP contribution in [0.3, 0.4) is 0 Å². The Kier molecular flexibility index (Phi) is 4.01. The molecule has 0 spiro atoms. The number of nitro benzene ring substituents is 1. The number of ether oxygens (including phenoxy) is 1. The highest BCUT2D eigenvalue weighted by Crippen LogP contribution is 2.30. The van der Waals surface area contributed by atoms with E-state index in [1.54, 1.807) is 31.2 Å². The van der Waals surface area contributed by atoms with E-state index in [-0.39, 0.29) is 5.69 Å². The Hall–Kier alpha value is -2.39. The van der Waals surface area contributed by atoms with Crippen LogP contribution in [0.4, 0.5) is 5.69 Å². The number of rotatable bonds is 3. The second kappa shape index (κ2) is 5.72.